The maximum atomic E-state index is 13.5. The fourth-order valence-electron chi connectivity index (χ4n) is 3.11. The first-order valence-electron chi connectivity index (χ1n) is 9.95. The van der Waals surface area contributed by atoms with E-state index in [2.05, 4.69) is 20.9 Å². The van der Waals surface area contributed by atoms with Gasteiger partial charge in [0.1, 0.15) is 11.6 Å². The highest BCUT2D eigenvalue weighted by Crippen LogP contribution is 2.23. The van der Waals surface area contributed by atoms with Gasteiger partial charge in [0.25, 0.3) is 5.91 Å². The minimum Gasteiger partial charge on any atom is -0.481 e. The molecule has 0 saturated carbocycles. The summed E-state index contributed by atoms with van der Waals surface area (Å²) in [6.45, 7) is 1.42. The summed E-state index contributed by atoms with van der Waals surface area (Å²) in [5.41, 5.74) is 0.0194. The number of thiophene rings is 1. The Morgan fingerprint density at radius 3 is 2.59 bits per heavy atom. The molecule has 1 aromatic heterocycles. The molecule has 32 heavy (non-hydrogen) atoms. The summed E-state index contributed by atoms with van der Waals surface area (Å²) in [4.78, 5) is 41.1. The van der Waals surface area contributed by atoms with Gasteiger partial charge in [-0.3, -0.25) is 24.7 Å². The Bertz CT molecular complexity index is 1020. The van der Waals surface area contributed by atoms with E-state index >= 15 is 0 Å². The number of carboxylic acids is 1. The number of nitrogens with one attached hydrogen (secondary N) is 3. The molecule has 2 amide bonds. The predicted molar refractivity (Wildman–Crippen MR) is 115 cm³/mol. The molecule has 4 N–H and O–H groups in total. The minimum atomic E-state index is -1.23. The van der Waals surface area contributed by atoms with E-state index in [1.165, 1.54) is 0 Å². The van der Waals surface area contributed by atoms with Crippen LogP contribution in [0.3, 0.4) is 0 Å². The molecule has 1 aliphatic rings. The van der Waals surface area contributed by atoms with Crippen molar-refractivity contribution in [3.63, 3.8) is 0 Å². The van der Waals surface area contributed by atoms with E-state index in [1.807, 2.05) is 0 Å². The van der Waals surface area contributed by atoms with E-state index in [9.17, 15) is 23.2 Å². The smallest absolute Gasteiger partial charge is 0.305 e. The number of aliphatic imine (C=N–C) groups is 1. The molecule has 0 radical (unpaired) electrons. The van der Waals surface area contributed by atoms with Crippen molar-refractivity contribution in [2.75, 3.05) is 13.1 Å². The average Bonchev–Trinajstić information content (AvgIpc) is 3.21. The quantitative estimate of drug-likeness (QED) is 0.478. The van der Waals surface area contributed by atoms with Crippen molar-refractivity contribution in [2.45, 2.75) is 31.7 Å². The van der Waals surface area contributed by atoms with Gasteiger partial charge in [-0.1, -0.05) is 0 Å². The van der Waals surface area contributed by atoms with Gasteiger partial charge in [-0.15, -0.1) is 11.3 Å². The molecule has 1 atom stereocenters. The number of hydrogen-bond donors (Lipinski definition) is 4. The highest BCUT2D eigenvalue weighted by atomic mass is 32.1. The van der Waals surface area contributed by atoms with Gasteiger partial charge in [-0.2, -0.15) is 0 Å². The number of hydrogen-bond acceptors (Lipinski definition) is 6. The molecule has 1 aromatic carbocycles. The van der Waals surface area contributed by atoms with Crippen LogP contribution in [0.2, 0.25) is 0 Å². The molecule has 0 bridgehead atoms. The van der Waals surface area contributed by atoms with Crippen LogP contribution in [-0.4, -0.2) is 41.9 Å². The molecule has 0 unspecified atom stereocenters. The van der Waals surface area contributed by atoms with Gasteiger partial charge in [-0.25, -0.2) is 8.78 Å². The Balaban J connectivity index is 1.60. The van der Waals surface area contributed by atoms with E-state index in [4.69, 9.17) is 5.11 Å². The zero-order chi connectivity index (χ0) is 23.1. The van der Waals surface area contributed by atoms with Crippen molar-refractivity contribution in [2.24, 2.45) is 4.99 Å². The first-order valence-corrected chi connectivity index (χ1v) is 10.8. The van der Waals surface area contributed by atoms with Crippen LogP contribution in [0.4, 0.5) is 8.78 Å². The van der Waals surface area contributed by atoms with E-state index in [1.54, 1.807) is 12.1 Å². The predicted octanol–water partition coefficient (Wildman–Crippen LogP) is 2.37. The summed E-state index contributed by atoms with van der Waals surface area (Å²) < 4.78 is 27.1. The van der Waals surface area contributed by atoms with Crippen molar-refractivity contribution < 1.29 is 28.3 Å². The summed E-state index contributed by atoms with van der Waals surface area (Å²) in [5.74, 6) is -3.26. The van der Waals surface area contributed by atoms with Crippen LogP contribution in [0.25, 0.3) is 0 Å². The van der Waals surface area contributed by atoms with Crippen LogP contribution in [0.1, 0.15) is 45.4 Å². The van der Waals surface area contributed by atoms with E-state index in [0.29, 0.717) is 29.9 Å². The molecule has 1 aliphatic heterocycles. The number of carbonyl (C=O) groups is 3. The standard InChI is InChI=1S/C21H22F2N4O4S/c22-13-8-12(9-14(23)10-13)16(11-19(29)30)26-20(31)17-4-2-15(32-17)3-5-18(28)27-21-24-6-1-7-25-21/h2,4,8-10,16H,1,3,5-7,11H2,(H,26,31)(H,29,30)(H2,24,25,27,28)/t16-/m1/s1. The first kappa shape index (κ1) is 23.3. The van der Waals surface area contributed by atoms with Crippen molar-refractivity contribution in [3.8, 4) is 0 Å². The van der Waals surface area contributed by atoms with Crippen LogP contribution < -0.4 is 16.0 Å². The average molecular weight is 464 g/mol. The van der Waals surface area contributed by atoms with E-state index in [-0.39, 0.29) is 17.9 Å². The van der Waals surface area contributed by atoms with E-state index in [0.717, 1.165) is 41.3 Å². The molecule has 0 fully saturated rings. The Morgan fingerprint density at radius 2 is 1.94 bits per heavy atom. The molecule has 170 valence electrons. The number of rotatable bonds is 8. The van der Waals surface area contributed by atoms with Crippen molar-refractivity contribution in [1.82, 2.24) is 16.0 Å². The van der Waals surface area contributed by atoms with Crippen LogP contribution in [0.15, 0.2) is 35.3 Å². The number of carbonyl (C=O) groups excluding carboxylic acids is 2. The minimum absolute atomic E-state index is 0.0194. The van der Waals surface area contributed by atoms with Crippen molar-refractivity contribution in [1.29, 1.82) is 0 Å². The van der Waals surface area contributed by atoms with Gasteiger partial charge in [0.2, 0.25) is 5.91 Å². The number of aliphatic carboxylic acids is 1. The highest BCUT2D eigenvalue weighted by Gasteiger charge is 2.21. The largest absolute Gasteiger partial charge is 0.481 e. The zero-order valence-electron chi connectivity index (χ0n) is 17.0. The van der Waals surface area contributed by atoms with Gasteiger partial charge in [-0.05, 0) is 42.7 Å². The monoisotopic (exact) mass is 464 g/mol. The molecule has 2 aromatic rings. The molecule has 11 heteroatoms. The molecule has 8 nitrogen and oxygen atoms in total. The molecule has 0 spiro atoms. The number of aryl methyl sites for hydroxylation is 1. The Hall–Kier alpha value is -3.34. The number of guanidine groups is 1. The van der Waals surface area contributed by atoms with Gasteiger partial charge in [0.05, 0.1) is 17.3 Å². The van der Waals surface area contributed by atoms with Crippen LogP contribution in [0.5, 0.6) is 0 Å². The normalized spacial score (nSPS) is 14.1. The third kappa shape index (κ3) is 6.84. The number of halogens is 2. The maximum absolute atomic E-state index is 13.5. The second-order valence-electron chi connectivity index (χ2n) is 7.15. The van der Waals surface area contributed by atoms with Gasteiger partial charge in [0.15, 0.2) is 5.96 Å². The third-order valence-electron chi connectivity index (χ3n) is 4.61. The summed E-state index contributed by atoms with van der Waals surface area (Å²) >= 11 is 1.16. The molecular weight excluding hydrogens is 442 g/mol. The Labute approximate surface area is 186 Å². The lowest BCUT2D eigenvalue weighted by molar-refractivity contribution is -0.137. The lowest BCUT2D eigenvalue weighted by atomic mass is 10.0. The zero-order valence-corrected chi connectivity index (χ0v) is 17.8. The van der Waals surface area contributed by atoms with Crippen molar-refractivity contribution >= 4 is 35.1 Å². The molecule has 0 saturated heterocycles. The molecule has 0 aliphatic carbocycles. The van der Waals surface area contributed by atoms with Gasteiger partial charge < -0.3 is 15.7 Å². The summed E-state index contributed by atoms with van der Waals surface area (Å²) in [6, 6.07) is 4.80. The van der Waals surface area contributed by atoms with Crippen LogP contribution in [-0.2, 0) is 16.0 Å². The first-order chi connectivity index (χ1) is 15.3. The molecule has 2 heterocycles. The van der Waals surface area contributed by atoms with Gasteiger partial charge >= 0.3 is 5.97 Å². The van der Waals surface area contributed by atoms with Crippen molar-refractivity contribution in [3.05, 3.63) is 57.3 Å². The Kier molecular flexibility index (Phi) is 7.87. The summed E-state index contributed by atoms with van der Waals surface area (Å²) in [5, 5.41) is 17.3. The summed E-state index contributed by atoms with van der Waals surface area (Å²) in [6.07, 6.45) is 0.989. The highest BCUT2D eigenvalue weighted by molar-refractivity contribution is 7.14. The second-order valence-corrected chi connectivity index (χ2v) is 8.32. The molecule has 3 rings (SSSR count). The topological polar surface area (TPSA) is 120 Å². The van der Waals surface area contributed by atoms with Gasteiger partial charge in [0, 0.05) is 30.5 Å². The Morgan fingerprint density at radius 1 is 1.19 bits per heavy atom. The lowest BCUT2D eigenvalue weighted by Gasteiger charge is -2.17. The summed E-state index contributed by atoms with van der Waals surface area (Å²) in [7, 11) is 0. The number of benzene rings is 1. The maximum Gasteiger partial charge on any atom is 0.305 e. The fraction of sp³-hybridized carbons (Fsp3) is 0.333. The van der Waals surface area contributed by atoms with Crippen LogP contribution in [0, 0.1) is 11.6 Å². The third-order valence-corrected chi connectivity index (χ3v) is 5.75. The SMILES string of the molecule is O=C(O)C[C@@H](NC(=O)c1ccc(CCC(=O)NC2=NCCCN2)s1)c1cc(F)cc(F)c1. The second kappa shape index (κ2) is 10.8. The van der Waals surface area contributed by atoms with Crippen LogP contribution >= 0.6 is 11.3 Å². The molecular formula is C21H22F2N4O4S. The number of carboxylic acid groups (broad SMARTS) is 1. The van der Waals surface area contributed by atoms with E-state index < -0.39 is 36.0 Å². The lowest BCUT2D eigenvalue weighted by Crippen LogP contribution is -2.43. The fourth-order valence-corrected chi connectivity index (χ4v) is 4.02. The number of nitrogens with zero attached hydrogens (tertiary/aromatic N) is 1. The number of amides is 2.